The Morgan fingerprint density at radius 2 is 2.03 bits per heavy atom. The largest absolute Gasteiger partial charge is 0.422 e. The molecule has 1 aromatic carbocycles. The minimum Gasteiger partial charge on any atom is -0.422 e. The maximum atomic E-state index is 12.8. The topological polar surface area (TPSA) is 62.8 Å². The molecule has 0 bridgehead atoms. The van der Waals surface area contributed by atoms with Gasteiger partial charge < -0.3 is 19.0 Å². The number of aromatic nitrogens is 2. The Bertz CT molecular complexity index is 1290. The summed E-state index contributed by atoms with van der Waals surface area (Å²) in [6.45, 7) is 8.97. The average Bonchev–Trinajstić information content (AvgIpc) is 3.11. The number of rotatable bonds is 2. The molecular formula is C23H24N4O2. The summed E-state index contributed by atoms with van der Waals surface area (Å²) in [4.78, 5) is 19.6. The second-order valence-corrected chi connectivity index (χ2v) is 7.96. The molecule has 0 aliphatic carbocycles. The molecule has 1 aliphatic rings. The van der Waals surface area contributed by atoms with Crippen LogP contribution in [0.5, 0.6) is 0 Å². The Labute approximate surface area is 168 Å². The average molecular weight is 388 g/mol. The van der Waals surface area contributed by atoms with Gasteiger partial charge in [-0.05, 0) is 45.0 Å². The quantitative estimate of drug-likeness (QED) is 0.533. The van der Waals surface area contributed by atoms with Gasteiger partial charge in [0.2, 0.25) is 0 Å². The summed E-state index contributed by atoms with van der Waals surface area (Å²) < 4.78 is 7.75. The van der Waals surface area contributed by atoms with Crippen molar-refractivity contribution in [1.29, 1.82) is 0 Å². The molecule has 1 aliphatic heterocycles. The van der Waals surface area contributed by atoms with Crippen LogP contribution in [0.25, 0.3) is 27.6 Å². The number of hydrogen-bond donors (Lipinski definition) is 1. The molecule has 0 amide bonds. The molecular weight excluding hydrogens is 364 g/mol. The zero-order valence-corrected chi connectivity index (χ0v) is 16.9. The minimum absolute atomic E-state index is 0.318. The second-order valence-electron chi connectivity index (χ2n) is 7.96. The number of piperazine rings is 1. The molecule has 3 aromatic heterocycles. The first-order valence-corrected chi connectivity index (χ1v) is 10.0. The van der Waals surface area contributed by atoms with Crippen LogP contribution in [0.15, 0.2) is 51.9 Å². The van der Waals surface area contributed by atoms with Gasteiger partial charge in [-0.1, -0.05) is 0 Å². The van der Waals surface area contributed by atoms with Crippen LogP contribution in [0.2, 0.25) is 0 Å². The van der Waals surface area contributed by atoms with E-state index in [1.165, 1.54) is 0 Å². The Hall–Kier alpha value is -3.12. The van der Waals surface area contributed by atoms with Crippen LogP contribution in [0.3, 0.4) is 0 Å². The van der Waals surface area contributed by atoms with E-state index in [0.717, 1.165) is 53.2 Å². The lowest BCUT2D eigenvalue weighted by Crippen LogP contribution is -2.49. The molecule has 1 atom stereocenters. The van der Waals surface area contributed by atoms with Crippen LogP contribution in [-0.2, 0) is 0 Å². The van der Waals surface area contributed by atoms with E-state index in [-0.39, 0.29) is 5.63 Å². The van der Waals surface area contributed by atoms with E-state index in [2.05, 4.69) is 28.2 Å². The molecule has 1 saturated heterocycles. The van der Waals surface area contributed by atoms with E-state index >= 15 is 0 Å². The first-order chi connectivity index (χ1) is 14.0. The van der Waals surface area contributed by atoms with Crippen LogP contribution in [0.4, 0.5) is 5.69 Å². The van der Waals surface area contributed by atoms with E-state index in [0.29, 0.717) is 17.2 Å². The molecule has 29 heavy (non-hydrogen) atoms. The number of nitrogens with zero attached hydrogens (tertiary/aromatic N) is 3. The summed E-state index contributed by atoms with van der Waals surface area (Å²) >= 11 is 0. The Morgan fingerprint density at radius 3 is 2.86 bits per heavy atom. The van der Waals surface area contributed by atoms with Crippen molar-refractivity contribution in [3.63, 3.8) is 0 Å². The summed E-state index contributed by atoms with van der Waals surface area (Å²) in [7, 11) is 0. The monoisotopic (exact) mass is 388 g/mol. The second kappa shape index (κ2) is 6.74. The Kier molecular flexibility index (Phi) is 4.17. The van der Waals surface area contributed by atoms with Crippen molar-refractivity contribution in [2.24, 2.45) is 0 Å². The van der Waals surface area contributed by atoms with Crippen molar-refractivity contribution >= 4 is 22.2 Å². The predicted octanol–water partition coefficient (Wildman–Crippen LogP) is 3.52. The van der Waals surface area contributed by atoms with Crippen molar-refractivity contribution in [3.05, 3.63) is 64.5 Å². The molecule has 0 radical (unpaired) electrons. The van der Waals surface area contributed by atoms with E-state index in [4.69, 9.17) is 4.42 Å². The fraction of sp³-hybridized carbons (Fsp3) is 0.304. The molecule has 1 N–H and O–H groups in total. The van der Waals surface area contributed by atoms with Gasteiger partial charge in [0.1, 0.15) is 5.58 Å². The fourth-order valence-electron chi connectivity index (χ4n) is 4.24. The lowest BCUT2D eigenvalue weighted by atomic mass is 10.1. The molecule has 0 saturated carbocycles. The molecule has 5 rings (SSSR count). The van der Waals surface area contributed by atoms with Crippen molar-refractivity contribution in [2.45, 2.75) is 26.8 Å². The van der Waals surface area contributed by atoms with Gasteiger partial charge in [0.05, 0.1) is 22.5 Å². The highest BCUT2D eigenvalue weighted by atomic mass is 16.4. The van der Waals surface area contributed by atoms with Gasteiger partial charge in [0.25, 0.3) is 0 Å². The lowest BCUT2D eigenvalue weighted by molar-refractivity contribution is 0.484. The van der Waals surface area contributed by atoms with Gasteiger partial charge >= 0.3 is 5.63 Å². The zero-order valence-electron chi connectivity index (χ0n) is 16.9. The van der Waals surface area contributed by atoms with Gasteiger partial charge in [0.15, 0.2) is 0 Å². The van der Waals surface area contributed by atoms with Gasteiger partial charge in [-0.2, -0.15) is 0 Å². The molecule has 1 unspecified atom stereocenters. The molecule has 6 nitrogen and oxygen atoms in total. The van der Waals surface area contributed by atoms with Gasteiger partial charge in [-0.25, -0.2) is 4.79 Å². The Balaban J connectivity index is 1.58. The SMILES string of the molecule is Cc1cn2cc(-c3cc4ccc(N5CCNC(C)C5)cc4oc3=O)cc2c(C)n1. The molecule has 148 valence electrons. The van der Waals surface area contributed by atoms with E-state index in [1.54, 1.807) is 0 Å². The van der Waals surface area contributed by atoms with Crippen LogP contribution in [0, 0.1) is 13.8 Å². The lowest BCUT2D eigenvalue weighted by Gasteiger charge is -2.33. The Morgan fingerprint density at radius 1 is 1.17 bits per heavy atom. The van der Waals surface area contributed by atoms with Gasteiger partial charge in [-0.3, -0.25) is 4.98 Å². The summed E-state index contributed by atoms with van der Waals surface area (Å²) in [6, 6.07) is 10.5. The summed E-state index contributed by atoms with van der Waals surface area (Å²) in [5.74, 6) is 0. The van der Waals surface area contributed by atoms with Crippen molar-refractivity contribution in [1.82, 2.24) is 14.7 Å². The number of hydrogen-bond acceptors (Lipinski definition) is 5. The third-order valence-electron chi connectivity index (χ3n) is 5.65. The van der Waals surface area contributed by atoms with Crippen molar-refractivity contribution in [2.75, 3.05) is 24.5 Å². The van der Waals surface area contributed by atoms with Crippen LogP contribution in [-0.4, -0.2) is 35.1 Å². The summed E-state index contributed by atoms with van der Waals surface area (Å²) in [6.07, 6.45) is 3.93. The number of nitrogens with one attached hydrogen (secondary N) is 1. The van der Waals surface area contributed by atoms with E-state index in [9.17, 15) is 4.79 Å². The van der Waals surface area contributed by atoms with Gasteiger partial charge in [0, 0.05) is 60.8 Å². The first-order valence-electron chi connectivity index (χ1n) is 10.0. The van der Waals surface area contributed by atoms with Crippen molar-refractivity contribution < 1.29 is 4.42 Å². The van der Waals surface area contributed by atoms with Crippen LogP contribution in [0.1, 0.15) is 18.3 Å². The predicted molar refractivity (Wildman–Crippen MR) is 116 cm³/mol. The highest BCUT2D eigenvalue weighted by molar-refractivity contribution is 5.85. The van der Waals surface area contributed by atoms with E-state index in [1.807, 2.05) is 54.9 Å². The molecule has 4 heterocycles. The normalized spacial score (nSPS) is 17.3. The smallest absolute Gasteiger partial charge is 0.344 e. The third kappa shape index (κ3) is 3.19. The number of anilines is 1. The molecule has 4 aromatic rings. The summed E-state index contributed by atoms with van der Waals surface area (Å²) in [5.41, 5.74) is 5.69. The maximum absolute atomic E-state index is 12.8. The number of aryl methyl sites for hydroxylation is 2. The van der Waals surface area contributed by atoms with Gasteiger partial charge in [-0.15, -0.1) is 0 Å². The highest BCUT2D eigenvalue weighted by Gasteiger charge is 2.17. The third-order valence-corrected chi connectivity index (χ3v) is 5.65. The standard InChI is InChI=1S/C23H24N4O2/c1-14-11-26(7-6-24-14)19-5-4-17-8-20(23(28)29-22(17)10-19)18-9-21-16(3)25-15(2)12-27(21)13-18/h4-5,8-10,12-14,24H,6-7,11H2,1-3H3. The van der Waals surface area contributed by atoms with Crippen molar-refractivity contribution in [3.8, 4) is 11.1 Å². The minimum atomic E-state index is -0.318. The van der Waals surface area contributed by atoms with Crippen LogP contribution < -0.4 is 15.8 Å². The maximum Gasteiger partial charge on any atom is 0.344 e. The summed E-state index contributed by atoms with van der Waals surface area (Å²) in [5, 5.41) is 4.37. The fourth-order valence-corrected chi connectivity index (χ4v) is 4.24. The van der Waals surface area contributed by atoms with Crippen LogP contribution >= 0.6 is 0 Å². The first kappa shape index (κ1) is 17.9. The van der Waals surface area contributed by atoms with E-state index < -0.39 is 0 Å². The number of fused-ring (bicyclic) bond motifs is 2. The highest BCUT2D eigenvalue weighted by Crippen LogP contribution is 2.27. The molecule has 0 spiro atoms. The zero-order chi connectivity index (χ0) is 20.1. The molecule has 6 heteroatoms. The molecule has 1 fully saturated rings. The number of benzene rings is 1.